The fraction of sp³-hybridized carbons (Fsp3) is 0.500. The van der Waals surface area contributed by atoms with Crippen molar-refractivity contribution >= 4 is 11.4 Å². The van der Waals surface area contributed by atoms with E-state index in [0.29, 0.717) is 0 Å². The molecule has 0 unspecified atom stereocenters. The molecule has 0 bridgehead atoms. The third kappa shape index (κ3) is 3.29. The van der Waals surface area contributed by atoms with Gasteiger partial charge in [0.2, 0.25) is 0 Å². The molecule has 0 fully saturated rings. The topological polar surface area (TPSA) is 38.0 Å². The molecule has 0 spiro atoms. The third-order valence-electron chi connectivity index (χ3n) is 2.30. The van der Waals surface area contributed by atoms with Crippen molar-refractivity contribution in [3.8, 4) is 0 Å². The first-order valence-corrected chi connectivity index (χ1v) is 5.19. The van der Waals surface area contributed by atoms with Gasteiger partial charge in [0.1, 0.15) is 0 Å². The number of hydrogen-bond donors (Lipinski definition) is 2. The number of nitrogens with two attached hydrogens (primary N) is 1. The van der Waals surface area contributed by atoms with E-state index in [2.05, 4.69) is 26.1 Å². The summed E-state index contributed by atoms with van der Waals surface area (Å²) in [7, 11) is 0. The van der Waals surface area contributed by atoms with Gasteiger partial charge in [0, 0.05) is 17.9 Å². The number of aryl methyl sites for hydroxylation is 1. The molecule has 3 N–H and O–H groups in total. The average Bonchev–Trinajstić information content (AvgIpc) is 2.10. The molecule has 2 heteroatoms. The highest BCUT2D eigenvalue weighted by molar-refractivity contribution is 5.59. The summed E-state index contributed by atoms with van der Waals surface area (Å²) in [6, 6.07) is 5.98. The molecular formula is C12H20N2. The number of nitrogen functional groups attached to an aromatic ring is 1. The molecule has 1 aromatic carbocycles. The molecule has 78 valence electrons. The Bertz CT molecular complexity index is 292. The average molecular weight is 192 g/mol. The number of benzene rings is 1. The van der Waals surface area contributed by atoms with Crippen molar-refractivity contribution in [3.63, 3.8) is 0 Å². The molecule has 0 saturated carbocycles. The standard InChI is InChI=1S/C12H20N2/c1-9(2)6-7-14-12-8-11(13)5-4-10(12)3/h4-5,8-9,14H,6-7,13H2,1-3H3. The maximum Gasteiger partial charge on any atom is 0.0390 e. The number of anilines is 2. The van der Waals surface area contributed by atoms with E-state index in [9.17, 15) is 0 Å². The molecule has 14 heavy (non-hydrogen) atoms. The highest BCUT2D eigenvalue weighted by Gasteiger charge is 1.98. The minimum Gasteiger partial charge on any atom is -0.399 e. The van der Waals surface area contributed by atoms with E-state index in [1.54, 1.807) is 0 Å². The molecule has 0 aromatic heterocycles. The van der Waals surface area contributed by atoms with Crippen molar-refractivity contribution < 1.29 is 0 Å². The summed E-state index contributed by atoms with van der Waals surface area (Å²) in [5.74, 6) is 0.740. The smallest absolute Gasteiger partial charge is 0.0390 e. The maximum absolute atomic E-state index is 5.72. The molecule has 0 aliphatic heterocycles. The molecular weight excluding hydrogens is 172 g/mol. The maximum atomic E-state index is 5.72. The van der Waals surface area contributed by atoms with E-state index < -0.39 is 0 Å². The van der Waals surface area contributed by atoms with Crippen LogP contribution in [0.3, 0.4) is 0 Å². The summed E-state index contributed by atoms with van der Waals surface area (Å²) in [4.78, 5) is 0. The van der Waals surface area contributed by atoms with Gasteiger partial charge in [-0.15, -0.1) is 0 Å². The Kier molecular flexibility index (Phi) is 3.81. The van der Waals surface area contributed by atoms with E-state index in [0.717, 1.165) is 23.8 Å². The Morgan fingerprint density at radius 3 is 2.71 bits per heavy atom. The first-order valence-electron chi connectivity index (χ1n) is 5.19. The molecule has 0 atom stereocenters. The van der Waals surface area contributed by atoms with Crippen LogP contribution in [0.1, 0.15) is 25.8 Å². The lowest BCUT2D eigenvalue weighted by molar-refractivity contribution is 0.607. The molecule has 0 amide bonds. The van der Waals surface area contributed by atoms with Crippen LogP contribution in [0, 0.1) is 12.8 Å². The van der Waals surface area contributed by atoms with Crippen LogP contribution >= 0.6 is 0 Å². The number of rotatable bonds is 4. The Morgan fingerprint density at radius 2 is 2.07 bits per heavy atom. The van der Waals surface area contributed by atoms with Crippen molar-refractivity contribution in [2.45, 2.75) is 27.2 Å². The summed E-state index contributed by atoms with van der Waals surface area (Å²) in [5.41, 5.74) is 8.95. The summed E-state index contributed by atoms with van der Waals surface area (Å²) >= 11 is 0. The van der Waals surface area contributed by atoms with Gasteiger partial charge in [-0.3, -0.25) is 0 Å². The highest BCUT2D eigenvalue weighted by atomic mass is 14.9. The van der Waals surface area contributed by atoms with Crippen molar-refractivity contribution in [2.75, 3.05) is 17.6 Å². The lowest BCUT2D eigenvalue weighted by Crippen LogP contribution is -2.06. The summed E-state index contributed by atoms with van der Waals surface area (Å²) < 4.78 is 0. The van der Waals surface area contributed by atoms with Gasteiger partial charge < -0.3 is 11.1 Å². The van der Waals surface area contributed by atoms with Gasteiger partial charge in [-0.05, 0) is 37.0 Å². The molecule has 1 rings (SSSR count). The Balaban J connectivity index is 2.53. The van der Waals surface area contributed by atoms with E-state index in [4.69, 9.17) is 5.73 Å². The van der Waals surface area contributed by atoms with Crippen LogP contribution in [-0.4, -0.2) is 6.54 Å². The van der Waals surface area contributed by atoms with Crippen LogP contribution in [0.15, 0.2) is 18.2 Å². The normalized spacial score (nSPS) is 10.6. The lowest BCUT2D eigenvalue weighted by Gasteiger charge is -2.11. The van der Waals surface area contributed by atoms with E-state index in [1.165, 1.54) is 12.0 Å². The summed E-state index contributed by atoms with van der Waals surface area (Å²) in [5, 5.41) is 3.41. The van der Waals surface area contributed by atoms with Gasteiger partial charge in [0.05, 0.1) is 0 Å². The third-order valence-corrected chi connectivity index (χ3v) is 2.30. The zero-order chi connectivity index (χ0) is 10.6. The lowest BCUT2D eigenvalue weighted by atomic mass is 10.1. The summed E-state index contributed by atoms with van der Waals surface area (Å²) in [6.45, 7) is 7.57. The van der Waals surface area contributed by atoms with E-state index in [1.807, 2.05) is 18.2 Å². The van der Waals surface area contributed by atoms with Crippen molar-refractivity contribution in [1.82, 2.24) is 0 Å². The van der Waals surface area contributed by atoms with Crippen LogP contribution < -0.4 is 11.1 Å². The van der Waals surface area contributed by atoms with Crippen LogP contribution in [-0.2, 0) is 0 Å². The van der Waals surface area contributed by atoms with Crippen LogP contribution in [0.25, 0.3) is 0 Å². The predicted molar refractivity (Wildman–Crippen MR) is 63.5 cm³/mol. The molecule has 0 saturated heterocycles. The summed E-state index contributed by atoms with van der Waals surface area (Å²) in [6.07, 6.45) is 1.19. The minimum absolute atomic E-state index is 0.740. The van der Waals surface area contributed by atoms with Crippen LogP contribution in [0.5, 0.6) is 0 Å². The van der Waals surface area contributed by atoms with Gasteiger partial charge in [-0.1, -0.05) is 19.9 Å². The van der Waals surface area contributed by atoms with Crippen LogP contribution in [0.2, 0.25) is 0 Å². The Morgan fingerprint density at radius 1 is 1.36 bits per heavy atom. The van der Waals surface area contributed by atoms with E-state index >= 15 is 0 Å². The first-order chi connectivity index (χ1) is 6.59. The molecule has 0 heterocycles. The predicted octanol–water partition coefficient (Wildman–Crippen LogP) is 3.04. The van der Waals surface area contributed by atoms with Crippen molar-refractivity contribution in [2.24, 2.45) is 5.92 Å². The molecule has 2 nitrogen and oxygen atoms in total. The molecule has 1 aromatic rings. The number of hydrogen-bond acceptors (Lipinski definition) is 2. The molecule has 0 aliphatic carbocycles. The quantitative estimate of drug-likeness (QED) is 0.720. The molecule has 0 aliphatic rings. The Labute approximate surface area is 86.5 Å². The Hall–Kier alpha value is -1.18. The zero-order valence-electron chi connectivity index (χ0n) is 9.30. The van der Waals surface area contributed by atoms with Gasteiger partial charge >= 0.3 is 0 Å². The second kappa shape index (κ2) is 4.89. The fourth-order valence-corrected chi connectivity index (χ4v) is 1.33. The second-order valence-electron chi connectivity index (χ2n) is 4.18. The zero-order valence-corrected chi connectivity index (χ0v) is 9.30. The van der Waals surface area contributed by atoms with Crippen molar-refractivity contribution in [3.05, 3.63) is 23.8 Å². The van der Waals surface area contributed by atoms with E-state index in [-0.39, 0.29) is 0 Å². The SMILES string of the molecule is Cc1ccc(N)cc1NCCC(C)C. The van der Waals surface area contributed by atoms with Crippen LogP contribution in [0.4, 0.5) is 11.4 Å². The first kappa shape index (κ1) is 10.9. The minimum atomic E-state index is 0.740. The highest BCUT2D eigenvalue weighted by Crippen LogP contribution is 2.18. The van der Waals surface area contributed by atoms with Gasteiger partial charge in [-0.2, -0.15) is 0 Å². The molecule has 0 radical (unpaired) electrons. The second-order valence-corrected chi connectivity index (χ2v) is 4.18. The number of nitrogens with one attached hydrogen (secondary N) is 1. The van der Waals surface area contributed by atoms with Gasteiger partial charge in [-0.25, -0.2) is 0 Å². The largest absolute Gasteiger partial charge is 0.399 e. The van der Waals surface area contributed by atoms with Gasteiger partial charge in [0.25, 0.3) is 0 Å². The van der Waals surface area contributed by atoms with Gasteiger partial charge in [0.15, 0.2) is 0 Å². The fourth-order valence-electron chi connectivity index (χ4n) is 1.33. The van der Waals surface area contributed by atoms with Crippen molar-refractivity contribution in [1.29, 1.82) is 0 Å². The monoisotopic (exact) mass is 192 g/mol.